The summed E-state index contributed by atoms with van der Waals surface area (Å²) in [6, 6.07) is 13.8. The first-order valence-electron chi connectivity index (χ1n) is 14.6. The van der Waals surface area contributed by atoms with Crippen LogP contribution in [-0.2, 0) is 11.3 Å². The maximum absolute atomic E-state index is 12.5. The molecule has 3 aromatic heterocycles. The summed E-state index contributed by atoms with van der Waals surface area (Å²) in [5, 5.41) is 15.0. The lowest BCUT2D eigenvalue weighted by atomic mass is 10.1. The third-order valence-corrected chi connectivity index (χ3v) is 9.35. The number of nitrogens with zero attached hydrogens (tertiary/aromatic N) is 6. The summed E-state index contributed by atoms with van der Waals surface area (Å²) >= 11 is 1.65. The molecule has 11 nitrogen and oxygen atoms in total. The fourth-order valence-electron chi connectivity index (χ4n) is 5.58. The number of amides is 1. The molecule has 43 heavy (non-hydrogen) atoms. The molecule has 1 saturated heterocycles. The van der Waals surface area contributed by atoms with E-state index in [2.05, 4.69) is 25.3 Å². The molecule has 1 aliphatic heterocycles. The van der Waals surface area contributed by atoms with Crippen molar-refractivity contribution in [3.05, 3.63) is 81.2 Å². The third-order valence-electron chi connectivity index (χ3n) is 8.22. The van der Waals surface area contributed by atoms with E-state index < -0.39 is 0 Å². The number of rotatable bonds is 9. The van der Waals surface area contributed by atoms with Crippen LogP contribution in [0.1, 0.15) is 66.0 Å². The van der Waals surface area contributed by atoms with E-state index in [9.17, 15) is 9.59 Å². The Morgan fingerprint density at radius 1 is 1.02 bits per heavy atom. The molecule has 1 atom stereocenters. The lowest BCUT2D eigenvalue weighted by molar-refractivity contribution is -0.128. The first-order valence-corrected chi connectivity index (χ1v) is 15.4. The minimum atomic E-state index is -0.188. The second-order valence-corrected chi connectivity index (χ2v) is 12.7. The standard InChI is InChI=1S/C31H29N7O4S/c1-17-14-37(31(40)32-17)15-21-5-4-20(28-33-27(36-42-28)22-13-26(39)38(16-22)23-8-9-23)12-25(21)41-24-10-6-19(7-11-24)30-35-34-29(43-30)18-2-3-18/h4-7,10-12,14,18,22-23H,2-3,8-9,13,15-16H2,1H3,(H,32,40)/t22-/m0/s1. The van der Waals surface area contributed by atoms with Crippen molar-refractivity contribution >= 4 is 17.2 Å². The van der Waals surface area contributed by atoms with E-state index in [1.54, 1.807) is 22.1 Å². The average molecular weight is 596 g/mol. The number of imidazole rings is 1. The van der Waals surface area contributed by atoms with Gasteiger partial charge in [0.1, 0.15) is 21.5 Å². The van der Waals surface area contributed by atoms with E-state index in [0.29, 0.717) is 60.2 Å². The van der Waals surface area contributed by atoms with Crippen LogP contribution in [0, 0.1) is 6.92 Å². The number of hydrogen-bond acceptors (Lipinski definition) is 9. The number of aromatic nitrogens is 6. The summed E-state index contributed by atoms with van der Waals surface area (Å²) < 4.78 is 13.7. The topological polar surface area (TPSA) is 132 Å². The van der Waals surface area contributed by atoms with Gasteiger partial charge in [-0.05, 0) is 69.0 Å². The molecule has 0 spiro atoms. The Balaban J connectivity index is 1.07. The average Bonchev–Trinajstić information content (AvgIpc) is 3.84. The predicted octanol–water partition coefficient (Wildman–Crippen LogP) is 5.25. The van der Waals surface area contributed by atoms with Gasteiger partial charge in [0.2, 0.25) is 5.91 Å². The van der Waals surface area contributed by atoms with Gasteiger partial charge in [0.15, 0.2) is 5.82 Å². The molecule has 8 rings (SSSR count). The van der Waals surface area contributed by atoms with Crippen molar-refractivity contribution in [1.29, 1.82) is 0 Å². The SMILES string of the molecule is Cc1cn(Cc2ccc(-c3nc([C@H]4CC(=O)N(C5CC5)C4)no3)cc2Oc2ccc(-c3nnc(C4CC4)s3)cc2)c(=O)[nH]1. The van der Waals surface area contributed by atoms with Crippen LogP contribution in [0.15, 0.2) is 58.0 Å². The summed E-state index contributed by atoms with van der Waals surface area (Å²) in [4.78, 5) is 34.3. The fourth-order valence-corrected chi connectivity index (χ4v) is 6.60. The molecule has 0 unspecified atom stereocenters. The number of nitrogens with one attached hydrogen (secondary N) is 1. The zero-order chi connectivity index (χ0) is 29.1. The lowest BCUT2D eigenvalue weighted by Crippen LogP contribution is -2.27. The molecule has 3 fully saturated rings. The molecule has 218 valence electrons. The molecular formula is C31H29N7O4S. The van der Waals surface area contributed by atoms with E-state index >= 15 is 0 Å². The van der Waals surface area contributed by atoms with Crippen molar-refractivity contribution in [2.24, 2.45) is 0 Å². The van der Waals surface area contributed by atoms with Crippen molar-refractivity contribution in [2.75, 3.05) is 6.54 Å². The first kappa shape index (κ1) is 26.1. The maximum atomic E-state index is 12.5. The van der Waals surface area contributed by atoms with Crippen LogP contribution in [0.3, 0.4) is 0 Å². The van der Waals surface area contributed by atoms with Gasteiger partial charge in [-0.2, -0.15) is 4.98 Å². The fraction of sp³-hybridized carbons (Fsp3) is 0.355. The first-order chi connectivity index (χ1) is 21.0. The number of likely N-dealkylation sites (tertiary alicyclic amines) is 1. The van der Waals surface area contributed by atoms with Gasteiger partial charge in [-0.15, -0.1) is 10.2 Å². The Hall–Kier alpha value is -4.58. The molecule has 1 amide bonds. The highest BCUT2D eigenvalue weighted by Crippen LogP contribution is 2.43. The molecule has 2 aliphatic carbocycles. The molecule has 2 aromatic carbocycles. The molecule has 5 aromatic rings. The number of aryl methyl sites for hydroxylation is 1. The molecule has 0 radical (unpaired) electrons. The zero-order valence-electron chi connectivity index (χ0n) is 23.5. The van der Waals surface area contributed by atoms with Crippen LogP contribution in [0.5, 0.6) is 11.5 Å². The van der Waals surface area contributed by atoms with Gasteiger partial charge in [0, 0.05) is 59.4 Å². The van der Waals surface area contributed by atoms with Crippen molar-refractivity contribution in [3.63, 3.8) is 0 Å². The van der Waals surface area contributed by atoms with Crippen molar-refractivity contribution < 1.29 is 14.1 Å². The highest BCUT2D eigenvalue weighted by Gasteiger charge is 2.41. The quantitative estimate of drug-likeness (QED) is 0.244. The second kappa shape index (κ2) is 10.3. The van der Waals surface area contributed by atoms with Crippen LogP contribution in [0.2, 0.25) is 0 Å². The zero-order valence-corrected chi connectivity index (χ0v) is 24.3. The van der Waals surface area contributed by atoms with E-state index in [-0.39, 0.29) is 17.5 Å². The summed E-state index contributed by atoms with van der Waals surface area (Å²) in [5.74, 6) is 2.77. The number of aromatic amines is 1. The molecular weight excluding hydrogens is 566 g/mol. The molecule has 12 heteroatoms. The van der Waals surface area contributed by atoms with Crippen molar-refractivity contribution in [3.8, 4) is 33.5 Å². The Kier molecular flexibility index (Phi) is 6.25. The predicted molar refractivity (Wildman–Crippen MR) is 158 cm³/mol. The monoisotopic (exact) mass is 595 g/mol. The largest absolute Gasteiger partial charge is 0.457 e. The smallest absolute Gasteiger partial charge is 0.326 e. The van der Waals surface area contributed by atoms with E-state index in [0.717, 1.165) is 39.7 Å². The Labute approximate surface area is 250 Å². The maximum Gasteiger partial charge on any atom is 0.326 e. The number of carbonyl (C=O) groups excluding carboxylic acids is 1. The Morgan fingerprint density at radius 2 is 1.84 bits per heavy atom. The normalized spacial score (nSPS) is 18.5. The summed E-state index contributed by atoms with van der Waals surface area (Å²) in [6.45, 7) is 2.80. The second-order valence-electron chi connectivity index (χ2n) is 11.7. The number of ether oxygens (including phenoxy) is 1. The van der Waals surface area contributed by atoms with Crippen LogP contribution in [0.25, 0.3) is 22.0 Å². The van der Waals surface area contributed by atoms with Gasteiger partial charge >= 0.3 is 5.69 Å². The number of benzene rings is 2. The van der Waals surface area contributed by atoms with Gasteiger partial charge in [0.05, 0.1) is 6.54 Å². The van der Waals surface area contributed by atoms with Gasteiger partial charge in [-0.25, -0.2) is 4.79 Å². The van der Waals surface area contributed by atoms with E-state index in [1.165, 1.54) is 12.8 Å². The van der Waals surface area contributed by atoms with Crippen LogP contribution < -0.4 is 10.4 Å². The Bertz CT molecular complexity index is 1880. The molecule has 1 N–H and O–H groups in total. The van der Waals surface area contributed by atoms with Gasteiger partial charge < -0.3 is 19.1 Å². The molecule has 3 aliphatic rings. The van der Waals surface area contributed by atoms with Gasteiger partial charge in [-0.3, -0.25) is 9.36 Å². The highest BCUT2D eigenvalue weighted by atomic mass is 32.1. The molecule has 4 heterocycles. The number of H-pyrrole nitrogens is 1. The van der Waals surface area contributed by atoms with Gasteiger partial charge in [-0.1, -0.05) is 22.6 Å². The van der Waals surface area contributed by atoms with E-state index in [4.69, 9.17) is 9.26 Å². The third kappa shape index (κ3) is 5.27. The summed E-state index contributed by atoms with van der Waals surface area (Å²) in [6.07, 6.45) is 6.73. The van der Waals surface area contributed by atoms with Crippen LogP contribution >= 0.6 is 11.3 Å². The van der Waals surface area contributed by atoms with E-state index in [1.807, 2.05) is 54.3 Å². The van der Waals surface area contributed by atoms with Gasteiger partial charge in [0.25, 0.3) is 5.89 Å². The van der Waals surface area contributed by atoms with Crippen molar-refractivity contribution in [2.45, 2.75) is 63.5 Å². The van der Waals surface area contributed by atoms with Crippen LogP contribution in [0.4, 0.5) is 0 Å². The molecule has 2 saturated carbocycles. The summed E-state index contributed by atoms with van der Waals surface area (Å²) in [7, 11) is 0. The molecule has 0 bridgehead atoms. The minimum absolute atomic E-state index is 0.0730. The van der Waals surface area contributed by atoms with Crippen LogP contribution in [-0.4, -0.2) is 53.3 Å². The summed E-state index contributed by atoms with van der Waals surface area (Å²) in [5.41, 5.74) is 3.09. The number of hydrogen-bond donors (Lipinski definition) is 1. The van der Waals surface area contributed by atoms with Crippen molar-refractivity contribution in [1.82, 2.24) is 34.8 Å². The number of carbonyl (C=O) groups is 1. The Morgan fingerprint density at radius 3 is 2.58 bits per heavy atom. The lowest BCUT2D eigenvalue weighted by Gasteiger charge is -2.14. The minimum Gasteiger partial charge on any atom is -0.457 e. The highest BCUT2D eigenvalue weighted by molar-refractivity contribution is 7.14.